The van der Waals surface area contributed by atoms with E-state index in [-0.39, 0.29) is 11.9 Å². The Bertz CT molecular complexity index is 505. The van der Waals surface area contributed by atoms with Crippen LogP contribution in [0.4, 0.5) is 0 Å². The van der Waals surface area contributed by atoms with Gasteiger partial charge in [-0.25, -0.2) is 0 Å². The van der Waals surface area contributed by atoms with Crippen molar-refractivity contribution in [2.45, 2.75) is 44.8 Å². The van der Waals surface area contributed by atoms with Crippen LogP contribution >= 0.6 is 0 Å². The normalized spacial score (nSPS) is 27.5. The molecule has 0 spiro atoms. The number of hydrogen-bond donors (Lipinski definition) is 1. The van der Waals surface area contributed by atoms with Crippen molar-refractivity contribution in [1.29, 1.82) is 0 Å². The van der Waals surface area contributed by atoms with Crippen molar-refractivity contribution in [3.63, 3.8) is 0 Å². The molecule has 1 aromatic rings. The average molecular weight is 316 g/mol. The SMILES string of the molecule is N[C@@H]1CCC[C@H]1CC(=O)N1CCC(COCc2ccccc2)C1. The summed E-state index contributed by atoms with van der Waals surface area (Å²) in [5.74, 6) is 1.16. The predicted molar refractivity (Wildman–Crippen MR) is 90.7 cm³/mol. The van der Waals surface area contributed by atoms with E-state index < -0.39 is 0 Å². The van der Waals surface area contributed by atoms with E-state index >= 15 is 0 Å². The fourth-order valence-corrected chi connectivity index (χ4v) is 3.79. The van der Waals surface area contributed by atoms with E-state index in [1.165, 1.54) is 12.0 Å². The van der Waals surface area contributed by atoms with Gasteiger partial charge in [-0.3, -0.25) is 4.79 Å². The zero-order valence-corrected chi connectivity index (χ0v) is 13.8. The molecule has 2 fully saturated rings. The minimum absolute atomic E-state index is 0.228. The molecule has 3 atom stereocenters. The van der Waals surface area contributed by atoms with Crippen molar-refractivity contribution in [2.75, 3.05) is 19.7 Å². The molecule has 1 aliphatic heterocycles. The molecule has 23 heavy (non-hydrogen) atoms. The van der Waals surface area contributed by atoms with Gasteiger partial charge < -0.3 is 15.4 Å². The number of nitrogens with zero attached hydrogens (tertiary/aromatic N) is 1. The first kappa shape index (κ1) is 16.5. The van der Waals surface area contributed by atoms with Crippen LogP contribution in [0.2, 0.25) is 0 Å². The van der Waals surface area contributed by atoms with Gasteiger partial charge in [-0.2, -0.15) is 0 Å². The first-order valence-electron chi connectivity index (χ1n) is 8.87. The highest BCUT2D eigenvalue weighted by atomic mass is 16.5. The summed E-state index contributed by atoms with van der Waals surface area (Å²) in [4.78, 5) is 14.4. The number of hydrogen-bond acceptors (Lipinski definition) is 3. The van der Waals surface area contributed by atoms with Crippen LogP contribution in [-0.4, -0.2) is 36.5 Å². The van der Waals surface area contributed by atoms with Crippen molar-refractivity contribution in [1.82, 2.24) is 4.90 Å². The van der Waals surface area contributed by atoms with Gasteiger partial charge in [0.25, 0.3) is 0 Å². The highest BCUT2D eigenvalue weighted by Gasteiger charge is 2.31. The van der Waals surface area contributed by atoms with Gasteiger partial charge in [0.1, 0.15) is 0 Å². The molecule has 1 saturated heterocycles. The van der Waals surface area contributed by atoms with E-state index in [1.807, 2.05) is 23.1 Å². The Morgan fingerprint density at radius 2 is 2.04 bits per heavy atom. The third kappa shape index (κ3) is 4.55. The highest BCUT2D eigenvalue weighted by molar-refractivity contribution is 5.76. The van der Waals surface area contributed by atoms with E-state index in [0.717, 1.165) is 39.0 Å². The Morgan fingerprint density at radius 3 is 2.78 bits per heavy atom. The molecular formula is C19H28N2O2. The van der Waals surface area contributed by atoms with Crippen molar-refractivity contribution >= 4 is 5.91 Å². The van der Waals surface area contributed by atoms with Crippen molar-refractivity contribution in [3.05, 3.63) is 35.9 Å². The second kappa shape index (κ2) is 7.93. The molecule has 1 heterocycles. The maximum Gasteiger partial charge on any atom is 0.222 e. The molecular weight excluding hydrogens is 288 g/mol. The van der Waals surface area contributed by atoms with Gasteiger partial charge in [0, 0.05) is 31.5 Å². The number of likely N-dealkylation sites (tertiary alicyclic amines) is 1. The topological polar surface area (TPSA) is 55.6 Å². The summed E-state index contributed by atoms with van der Waals surface area (Å²) < 4.78 is 5.82. The Morgan fingerprint density at radius 1 is 1.22 bits per heavy atom. The fraction of sp³-hybridized carbons (Fsp3) is 0.632. The van der Waals surface area contributed by atoms with Crippen LogP contribution in [0.5, 0.6) is 0 Å². The van der Waals surface area contributed by atoms with Crippen LogP contribution in [0, 0.1) is 11.8 Å². The fourth-order valence-electron chi connectivity index (χ4n) is 3.79. The van der Waals surface area contributed by atoms with Crippen LogP contribution in [0.1, 0.15) is 37.7 Å². The van der Waals surface area contributed by atoms with E-state index in [4.69, 9.17) is 10.5 Å². The van der Waals surface area contributed by atoms with Gasteiger partial charge in [0.2, 0.25) is 5.91 Å². The third-order valence-corrected chi connectivity index (χ3v) is 5.26. The van der Waals surface area contributed by atoms with E-state index in [2.05, 4.69) is 12.1 Å². The Kier molecular flexibility index (Phi) is 5.68. The monoisotopic (exact) mass is 316 g/mol. The van der Waals surface area contributed by atoms with Gasteiger partial charge in [0.05, 0.1) is 13.2 Å². The molecule has 4 heteroatoms. The predicted octanol–water partition coefficient (Wildman–Crippen LogP) is 2.57. The number of nitrogens with two attached hydrogens (primary N) is 1. The summed E-state index contributed by atoms with van der Waals surface area (Å²) in [5.41, 5.74) is 7.29. The summed E-state index contributed by atoms with van der Waals surface area (Å²) in [6.07, 6.45) is 5.06. The largest absolute Gasteiger partial charge is 0.376 e. The molecule has 0 bridgehead atoms. The van der Waals surface area contributed by atoms with Crippen LogP contribution < -0.4 is 5.73 Å². The van der Waals surface area contributed by atoms with E-state index in [9.17, 15) is 4.79 Å². The van der Waals surface area contributed by atoms with Crippen molar-refractivity contribution < 1.29 is 9.53 Å². The molecule has 126 valence electrons. The van der Waals surface area contributed by atoms with E-state index in [0.29, 0.717) is 24.9 Å². The standard InChI is InChI=1S/C19H28N2O2/c20-18-8-4-7-17(18)11-19(22)21-10-9-16(12-21)14-23-13-15-5-2-1-3-6-15/h1-3,5-6,16-18H,4,7-14,20H2/t16?,17-,18+/m0/s1. The summed E-state index contributed by atoms with van der Waals surface area (Å²) >= 11 is 0. The number of carbonyl (C=O) groups excluding carboxylic acids is 1. The minimum atomic E-state index is 0.228. The van der Waals surface area contributed by atoms with Crippen LogP contribution in [0.15, 0.2) is 30.3 Å². The molecule has 1 unspecified atom stereocenters. The number of amides is 1. The smallest absolute Gasteiger partial charge is 0.222 e. The van der Waals surface area contributed by atoms with Gasteiger partial charge in [0.15, 0.2) is 0 Å². The molecule has 3 rings (SSSR count). The first-order valence-corrected chi connectivity index (χ1v) is 8.87. The molecule has 1 aliphatic carbocycles. The lowest BCUT2D eigenvalue weighted by molar-refractivity contribution is -0.131. The third-order valence-electron chi connectivity index (χ3n) is 5.26. The zero-order chi connectivity index (χ0) is 16.1. The maximum atomic E-state index is 12.4. The minimum Gasteiger partial charge on any atom is -0.376 e. The Labute approximate surface area is 139 Å². The second-order valence-corrected chi connectivity index (χ2v) is 7.05. The number of benzene rings is 1. The Balaban J connectivity index is 1.37. The summed E-state index contributed by atoms with van der Waals surface area (Å²) in [7, 11) is 0. The molecule has 2 N–H and O–H groups in total. The number of ether oxygens (including phenoxy) is 1. The highest BCUT2D eigenvalue weighted by Crippen LogP contribution is 2.28. The number of carbonyl (C=O) groups is 1. The van der Waals surface area contributed by atoms with Gasteiger partial charge >= 0.3 is 0 Å². The zero-order valence-electron chi connectivity index (χ0n) is 13.8. The molecule has 4 nitrogen and oxygen atoms in total. The lowest BCUT2D eigenvalue weighted by atomic mass is 9.99. The van der Waals surface area contributed by atoms with E-state index in [1.54, 1.807) is 0 Å². The van der Waals surface area contributed by atoms with Gasteiger partial charge in [-0.05, 0) is 30.7 Å². The summed E-state index contributed by atoms with van der Waals surface area (Å²) in [6, 6.07) is 10.5. The molecule has 0 radical (unpaired) electrons. The Hall–Kier alpha value is -1.39. The molecule has 1 saturated carbocycles. The van der Waals surface area contributed by atoms with Crippen LogP contribution in [-0.2, 0) is 16.1 Å². The first-order chi connectivity index (χ1) is 11.2. The van der Waals surface area contributed by atoms with Crippen LogP contribution in [0.3, 0.4) is 0 Å². The lowest BCUT2D eigenvalue weighted by Crippen LogP contribution is -2.34. The molecule has 1 aromatic carbocycles. The van der Waals surface area contributed by atoms with Crippen molar-refractivity contribution in [2.24, 2.45) is 17.6 Å². The van der Waals surface area contributed by atoms with Gasteiger partial charge in [-0.15, -0.1) is 0 Å². The maximum absolute atomic E-state index is 12.4. The number of rotatable bonds is 6. The molecule has 0 aromatic heterocycles. The summed E-state index contributed by atoms with van der Waals surface area (Å²) in [5, 5.41) is 0. The molecule has 1 amide bonds. The lowest BCUT2D eigenvalue weighted by Gasteiger charge is -2.21. The second-order valence-electron chi connectivity index (χ2n) is 7.05. The molecule has 2 aliphatic rings. The van der Waals surface area contributed by atoms with Gasteiger partial charge in [-0.1, -0.05) is 36.8 Å². The summed E-state index contributed by atoms with van der Waals surface area (Å²) in [6.45, 7) is 3.11. The quantitative estimate of drug-likeness (QED) is 0.877. The van der Waals surface area contributed by atoms with Crippen LogP contribution in [0.25, 0.3) is 0 Å². The van der Waals surface area contributed by atoms with Crippen molar-refractivity contribution in [3.8, 4) is 0 Å². The average Bonchev–Trinajstić information content (AvgIpc) is 3.18.